The third-order valence-corrected chi connectivity index (χ3v) is 8.38. The third kappa shape index (κ3) is 5.63. The summed E-state index contributed by atoms with van der Waals surface area (Å²) < 4.78 is 67.4. The Labute approximate surface area is 187 Å². The molecule has 1 saturated heterocycles. The maximum atomic E-state index is 13.0. The van der Waals surface area contributed by atoms with Gasteiger partial charge in [-0.1, -0.05) is 0 Å². The second-order valence-corrected chi connectivity index (χ2v) is 11.4. The number of anilines is 2. The fourth-order valence-corrected chi connectivity index (χ4v) is 5.54. The highest BCUT2D eigenvalue weighted by molar-refractivity contribution is 7.92. The molecule has 174 valence electrons. The minimum atomic E-state index is -3.89. The average Bonchev–Trinajstić information content (AvgIpc) is 2.75. The summed E-state index contributed by atoms with van der Waals surface area (Å²) in [6.45, 7) is 0.443. The summed E-state index contributed by atoms with van der Waals surface area (Å²) in [5.41, 5.74) is 0.613. The number of piperidine rings is 1. The molecule has 1 aliphatic rings. The van der Waals surface area contributed by atoms with E-state index in [1.165, 1.54) is 54.8 Å². The van der Waals surface area contributed by atoms with Gasteiger partial charge in [0.15, 0.2) is 0 Å². The summed E-state index contributed by atoms with van der Waals surface area (Å²) in [5.74, 6) is -1.32. The molecular formula is C20H25FN4O5S2. The summed E-state index contributed by atoms with van der Waals surface area (Å²) in [5, 5.41) is 2.72. The molecule has 32 heavy (non-hydrogen) atoms. The Balaban J connectivity index is 1.65. The van der Waals surface area contributed by atoms with Crippen LogP contribution in [0.4, 0.5) is 15.8 Å². The summed E-state index contributed by atoms with van der Waals surface area (Å²) in [7, 11) is -4.60. The van der Waals surface area contributed by atoms with E-state index >= 15 is 0 Å². The van der Waals surface area contributed by atoms with Crippen molar-refractivity contribution in [2.75, 3.05) is 37.2 Å². The van der Waals surface area contributed by atoms with E-state index in [0.29, 0.717) is 25.1 Å². The van der Waals surface area contributed by atoms with Crippen molar-refractivity contribution in [1.82, 2.24) is 8.61 Å². The summed E-state index contributed by atoms with van der Waals surface area (Å²) >= 11 is 0. The fourth-order valence-electron chi connectivity index (χ4n) is 3.29. The second-order valence-electron chi connectivity index (χ2n) is 7.61. The second kappa shape index (κ2) is 9.53. The Bertz CT molecular complexity index is 1170. The molecule has 0 bridgehead atoms. The van der Waals surface area contributed by atoms with Crippen LogP contribution in [0.25, 0.3) is 0 Å². The summed E-state index contributed by atoms with van der Waals surface area (Å²) in [6.07, 6.45) is 1.12. The number of carbonyl (C=O) groups excluding carboxylic acids is 1. The number of nitrogens with one attached hydrogen (secondary N) is 2. The number of sulfonamides is 1. The first kappa shape index (κ1) is 24.1. The minimum Gasteiger partial charge on any atom is -0.326 e. The standard InChI is InChI=1S/C20H25FN4O5S2/c1-24(2)32(29,30)25-13-3-4-15(14-25)20(26)22-17-9-11-19(12-10-17)31(27,28)23-18-7-5-16(21)6-8-18/h5-12,15,23H,3-4,13-14H2,1-2H3,(H,22,26)/t15-/m1/s1. The van der Waals surface area contributed by atoms with Crippen LogP contribution >= 0.6 is 0 Å². The van der Waals surface area contributed by atoms with Gasteiger partial charge in [-0.05, 0) is 61.4 Å². The lowest BCUT2D eigenvalue weighted by Gasteiger charge is -2.32. The molecule has 0 aromatic heterocycles. The lowest BCUT2D eigenvalue weighted by atomic mass is 9.99. The lowest BCUT2D eigenvalue weighted by Crippen LogP contribution is -2.47. The van der Waals surface area contributed by atoms with Crippen LogP contribution in [0.15, 0.2) is 53.4 Å². The predicted octanol–water partition coefficient (Wildman–Crippen LogP) is 2.08. The topological polar surface area (TPSA) is 116 Å². The van der Waals surface area contributed by atoms with Gasteiger partial charge in [0.05, 0.1) is 10.8 Å². The Hall–Kier alpha value is -2.54. The molecular weight excluding hydrogens is 459 g/mol. The molecule has 1 amide bonds. The molecule has 0 aliphatic carbocycles. The fraction of sp³-hybridized carbons (Fsp3) is 0.350. The van der Waals surface area contributed by atoms with Crippen LogP contribution in [0.5, 0.6) is 0 Å². The zero-order valence-corrected chi connectivity index (χ0v) is 19.3. The molecule has 1 fully saturated rings. The first-order valence-electron chi connectivity index (χ1n) is 9.86. The molecule has 9 nitrogen and oxygen atoms in total. The van der Waals surface area contributed by atoms with Crippen LogP contribution in [0.1, 0.15) is 12.8 Å². The molecule has 2 aromatic carbocycles. The number of halogens is 1. The maximum absolute atomic E-state index is 13.0. The molecule has 2 aromatic rings. The van der Waals surface area contributed by atoms with Crippen molar-refractivity contribution in [3.63, 3.8) is 0 Å². The summed E-state index contributed by atoms with van der Waals surface area (Å²) in [4.78, 5) is 12.6. The number of amides is 1. The van der Waals surface area contributed by atoms with Crippen molar-refractivity contribution < 1.29 is 26.0 Å². The van der Waals surface area contributed by atoms with E-state index in [-0.39, 0.29) is 23.0 Å². The average molecular weight is 485 g/mol. The number of hydrogen-bond donors (Lipinski definition) is 2. The molecule has 0 unspecified atom stereocenters. The third-order valence-electron chi connectivity index (χ3n) is 5.07. The van der Waals surface area contributed by atoms with Gasteiger partial charge in [-0.2, -0.15) is 17.0 Å². The van der Waals surface area contributed by atoms with Crippen molar-refractivity contribution >= 4 is 37.5 Å². The van der Waals surface area contributed by atoms with E-state index in [1.54, 1.807) is 0 Å². The Morgan fingerprint density at radius 1 is 1.00 bits per heavy atom. The van der Waals surface area contributed by atoms with Gasteiger partial charge in [0, 0.05) is 38.6 Å². The van der Waals surface area contributed by atoms with Crippen LogP contribution in [-0.2, 0) is 25.0 Å². The van der Waals surface area contributed by atoms with Crippen molar-refractivity contribution in [3.8, 4) is 0 Å². The monoisotopic (exact) mass is 484 g/mol. The van der Waals surface area contributed by atoms with Crippen LogP contribution < -0.4 is 10.0 Å². The Kier molecular flexibility index (Phi) is 7.18. The number of nitrogens with zero attached hydrogens (tertiary/aromatic N) is 2. The molecule has 2 N–H and O–H groups in total. The van der Waals surface area contributed by atoms with Crippen molar-refractivity contribution in [2.45, 2.75) is 17.7 Å². The van der Waals surface area contributed by atoms with Gasteiger partial charge in [-0.15, -0.1) is 0 Å². The molecule has 3 rings (SSSR count). The molecule has 1 aliphatic heterocycles. The van der Waals surface area contributed by atoms with Crippen molar-refractivity contribution in [2.24, 2.45) is 5.92 Å². The molecule has 0 spiro atoms. The normalized spacial score (nSPS) is 17.8. The van der Waals surface area contributed by atoms with Gasteiger partial charge >= 0.3 is 0 Å². The largest absolute Gasteiger partial charge is 0.326 e. The molecule has 1 atom stereocenters. The highest BCUT2D eigenvalue weighted by Gasteiger charge is 2.33. The van der Waals surface area contributed by atoms with E-state index in [2.05, 4.69) is 10.0 Å². The highest BCUT2D eigenvalue weighted by Crippen LogP contribution is 2.23. The van der Waals surface area contributed by atoms with Gasteiger partial charge in [0.25, 0.3) is 20.2 Å². The Morgan fingerprint density at radius 3 is 2.19 bits per heavy atom. The van der Waals surface area contributed by atoms with Gasteiger partial charge in [0.2, 0.25) is 5.91 Å². The molecule has 0 saturated carbocycles. The van der Waals surface area contributed by atoms with Crippen LogP contribution in [0, 0.1) is 11.7 Å². The van der Waals surface area contributed by atoms with E-state index in [1.807, 2.05) is 0 Å². The SMILES string of the molecule is CN(C)S(=O)(=O)N1CCC[C@@H](C(=O)Nc2ccc(S(=O)(=O)Nc3ccc(F)cc3)cc2)C1. The number of carbonyl (C=O) groups is 1. The van der Waals surface area contributed by atoms with Gasteiger partial charge < -0.3 is 5.32 Å². The summed E-state index contributed by atoms with van der Waals surface area (Å²) in [6, 6.07) is 10.5. The first-order valence-corrected chi connectivity index (χ1v) is 12.7. The predicted molar refractivity (Wildman–Crippen MR) is 119 cm³/mol. The van der Waals surface area contributed by atoms with Gasteiger partial charge in [0.1, 0.15) is 5.82 Å². The van der Waals surface area contributed by atoms with Crippen LogP contribution in [0.2, 0.25) is 0 Å². The molecule has 12 heteroatoms. The van der Waals surface area contributed by atoms with Gasteiger partial charge in [-0.3, -0.25) is 9.52 Å². The van der Waals surface area contributed by atoms with E-state index < -0.39 is 32.0 Å². The zero-order valence-electron chi connectivity index (χ0n) is 17.7. The van der Waals surface area contributed by atoms with Crippen molar-refractivity contribution in [3.05, 3.63) is 54.3 Å². The van der Waals surface area contributed by atoms with Crippen LogP contribution in [-0.4, -0.2) is 58.5 Å². The van der Waals surface area contributed by atoms with E-state index in [0.717, 1.165) is 16.4 Å². The quantitative estimate of drug-likeness (QED) is 0.624. The lowest BCUT2D eigenvalue weighted by molar-refractivity contribution is -0.120. The smallest absolute Gasteiger partial charge is 0.281 e. The zero-order chi connectivity index (χ0) is 23.5. The minimum absolute atomic E-state index is 0.0271. The number of benzene rings is 2. The first-order chi connectivity index (χ1) is 15.0. The number of rotatable bonds is 7. The van der Waals surface area contributed by atoms with E-state index in [9.17, 15) is 26.0 Å². The highest BCUT2D eigenvalue weighted by atomic mass is 32.2. The molecule has 1 heterocycles. The number of hydrogen-bond acceptors (Lipinski definition) is 5. The van der Waals surface area contributed by atoms with E-state index in [4.69, 9.17) is 0 Å². The van der Waals surface area contributed by atoms with Gasteiger partial charge in [-0.25, -0.2) is 12.8 Å². The Morgan fingerprint density at radius 2 is 1.59 bits per heavy atom. The van der Waals surface area contributed by atoms with Crippen molar-refractivity contribution in [1.29, 1.82) is 0 Å². The van der Waals surface area contributed by atoms with Crippen LogP contribution in [0.3, 0.4) is 0 Å². The maximum Gasteiger partial charge on any atom is 0.281 e. The molecule has 0 radical (unpaired) electrons.